The van der Waals surface area contributed by atoms with Crippen molar-refractivity contribution in [3.8, 4) is 0 Å². The van der Waals surface area contributed by atoms with Crippen molar-refractivity contribution in [2.45, 2.75) is 13.0 Å². The number of hydrogen-bond donors (Lipinski definition) is 0. The van der Waals surface area contributed by atoms with E-state index in [4.69, 9.17) is 21.3 Å². The standard InChI is InChI=1S/C28H20BrClN2O3S/c1-2-35-27(34)23-24(18-6-4-3-5-7-18)31-28-32(25(23)19-10-14-21(30)15-11-19)26(33)22(36-28)16-17-8-12-20(29)13-9-17/h3-16,25H,2H2,1H3. The third-order valence-corrected chi connectivity index (χ3v) is 7.49. The van der Waals surface area contributed by atoms with Crippen molar-refractivity contribution in [2.24, 2.45) is 4.99 Å². The Hall–Kier alpha value is -3.26. The summed E-state index contributed by atoms with van der Waals surface area (Å²) in [5.74, 6) is -0.512. The van der Waals surface area contributed by atoms with Gasteiger partial charge in [-0.25, -0.2) is 9.79 Å². The zero-order valence-electron chi connectivity index (χ0n) is 19.2. The molecule has 1 unspecified atom stereocenters. The molecular formula is C28H20BrClN2O3S. The Balaban J connectivity index is 1.82. The van der Waals surface area contributed by atoms with Crippen molar-refractivity contribution in [1.82, 2.24) is 4.57 Å². The van der Waals surface area contributed by atoms with Gasteiger partial charge in [-0.3, -0.25) is 9.36 Å². The van der Waals surface area contributed by atoms with Gasteiger partial charge in [-0.2, -0.15) is 0 Å². The van der Waals surface area contributed by atoms with Crippen LogP contribution in [-0.4, -0.2) is 17.1 Å². The molecule has 3 aromatic carbocycles. The number of esters is 1. The fourth-order valence-electron chi connectivity index (χ4n) is 4.11. The highest BCUT2D eigenvalue weighted by Crippen LogP contribution is 2.35. The van der Waals surface area contributed by atoms with E-state index in [0.29, 0.717) is 25.6 Å². The van der Waals surface area contributed by atoms with E-state index in [-0.39, 0.29) is 12.2 Å². The number of rotatable bonds is 5. The molecule has 4 aromatic rings. The molecule has 0 N–H and O–H groups in total. The predicted octanol–water partition coefficient (Wildman–Crippen LogP) is 5.35. The van der Waals surface area contributed by atoms with Crippen molar-refractivity contribution in [2.75, 3.05) is 6.61 Å². The molecule has 180 valence electrons. The number of fused-ring (bicyclic) bond motifs is 1. The summed E-state index contributed by atoms with van der Waals surface area (Å²) in [5.41, 5.74) is 2.97. The highest BCUT2D eigenvalue weighted by molar-refractivity contribution is 9.10. The number of benzene rings is 3. The molecule has 0 saturated carbocycles. The Labute approximate surface area is 224 Å². The molecule has 1 atom stereocenters. The molecule has 36 heavy (non-hydrogen) atoms. The second-order valence-electron chi connectivity index (χ2n) is 8.03. The monoisotopic (exact) mass is 578 g/mol. The van der Waals surface area contributed by atoms with Gasteiger partial charge in [0.05, 0.1) is 28.5 Å². The maximum atomic E-state index is 13.8. The summed E-state index contributed by atoms with van der Waals surface area (Å²) >= 11 is 10.9. The van der Waals surface area contributed by atoms with Crippen LogP contribution in [-0.2, 0) is 9.53 Å². The van der Waals surface area contributed by atoms with Crippen molar-refractivity contribution < 1.29 is 9.53 Å². The lowest BCUT2D eigenvalue weighted by Crippen LogP contribution is -2.40. The molecule has 1 aliphatic rings. The molecule has 0 saturated heterocycles. The summed E-state index contributed by atoms with van der Waals surface area (Å²) in [6, 6.07) is 23.6. The number of carbonyl (C=O) groups is 1. The first-order valence-electron chi connectivity index (χ1n) is 11.3. The topological polar surface area (TPSA) is 60.7 Å². The second-order valence-corrected chi connectivity index (χ2v) is 10.4. The summed E-state index contributed by atoms with van der Waals surface area (Å²) in [7, 11) is 0. The fraction of sp³-hybridized carbons (Fsp3) is 0.107. The van der Waals surface area contributed by atoms with Crippen LogP contribution < -0.4 is 14.9 Å². The van der Waals surface area contributed by atoms with Gasteiger partial charge in [0.2, 0.25) is 0 Å². The lowest BCUT2D eigenvalue weighted by molar-refractivity contribution is -0.138. The molecule has 8 heteroatoms. The van der Waals surface area contributed by atoms with E-state index in [0.717, 1.165) is 21.2 Å². The normalized spacial score (nSPS) is 15.4. The van der Waals surface area contributed by atoms with E-state index in [1.54, 1.807) is 23.6 Å². The van der Waals surface area contributed by atoms with Gasteiger partial charge in [-0.15, -0.1) is 0 Å². The average Bonchev–Trinajstić information content (AvgIpc) is 3.20. The lowest BCUT2D eigenvalue weighted by atomic mass is 9.93. The Morgan fingerprint density at radius 3 is 2.44 bits per heavy atom. The van der Waals surface area contributed by atoms with Crippen molar-refractivity contribution in [1.29, 1.82) is 0 Å². The van der Waals surface area contributed by atoms with Crippen molar-refractivity contribution in [3.63, 3.8) is 0 Å². The quantitative estimate of drug-likeness (QED) is 0.300. The van der Waals surface area contributed by atoms with E-state index in [9.17, 15) is 9.59 Å². The molecule has 2 heterocycles. The minimum atomic E-state index is -0.722. The first kappa shape index (κ1) is 24.4. The van der Waals surface area contributed by atoms with Crippen molar-refractivity contribution >= 4 is 56.6 Å². The molecule has 0 radical (unpaired) electrons. The largest absolute Gasteiger partial charge is 0.463 e. The number of aromatic nitrogens is 1. The summed E-state index contributed by atoms with van der Waals surface area (Å²) in [6.07, 6.45) is 1.84. The number of halogens is 2. The van der Waals surface area contributed by atoms with Crippen LogP contribution in [0, 0.1) is 0 Å². The van der Waals surface area contributed by atoms with E-state index < -0.39 is 12.0 Å². The summed E-state index contributed by atoms with van der Waals surface area (Å²) in [4.78, 5) is 32.5. The van der Waals surface area contributed by atoms with Crippen LogP contribution in [0.15, 0.2) is 98.7 Å². The Bertz CT molecular complexity index is 1640. The van der Waals surface area contributed by atoms with Crippen LogP contribution in [0.25, 0.3) is 11.8 Å². The number of thiazole rings is 1. The number of carbonyl (C=O) groups excluding carboxylic acids is 1. The van der Waals surface area contributed by atoms with Crippen molar-refractivity contribution in [3.05, 3.63) is 130 Å². The molecule has 1 aliphatic heterocycles. The number of hydrogen-bond acceptors (Lipinski definition) is 5. The number of ether oxygens (including phenoxy) is 1. The molecular weight excluding hydrogens is 560 g/mol. The smallest absolute Gasteiger partial charge is 0.338 e. The maximum absolute atomic E-state index is 13.8. The highest BCUT2D eigenvalue weighted by atomic mass is 79.9. The first-order valence-corrected chi connectivity index (χ1v) is 13.2. The minimum Gasteiger partial charge on any atom is -0.463 e. The maximum Gasteiger partial charge on any atom is 0.338 e. The third-order valence-electron chi connectivity index (χ3n) is 5.73. The number of nitrogens with zero attached hydrogens (tertiary/aromatic N) is 2. The molecule has 1 aromatic heterocycles. The van der Waals surface area contributed by atoms with E-state index >= 15 is 0 Å². The van der Waals surface area contributed by atoms with Gasteiger partial charge in [0, 0.05) is 15.1 Å². The van der Waals surface area contributed by atoms with Gasteiger partial charge in [0.25, 0.3) is 5.56 Å². The zero-order valence-corrected chi connectivity index (χ0v) is 22.3. The first-order chi connectivity index (χ1) is 17.5. The molecule has 0 spiro atoms. The van der Waals surface area contributed by atoms with E-state index in [1.165, 1.54) is 11.3 Å². The summed E-state index contributed by atoms with van der Waals surface area (Å²) in [6.45, 7) is 1.96. The van der Waals surface area contributed by atoms with Gasteiger partial charge in [-0.1, -0.05) is 93.5 Å². The lowest BCUT2D eigenvalue weighted by Gasteiger charge is -2.25. The van der Waals surface area contributed by atoms with Crippen LogP contribution in [0.3, 0.4) is 0 Å². The van der Waals surface area contributed by atoms with Gasteiger partial charge in [-0.05, 0) is 48.4 Å². The zero-order chi connectivity index (χ0) is 25.2. The molecule has 5 rings (SSSR count). The van der Waals surface area contributed by atoms with E-state index in [1.807, 2.05) is 72.8 Å². The van der Waals surface area contributed by atoms with Crippen LogP contribution in [0.1, 0.15) is 29.7 Å². The molecule has 5 nitrogen and oxygen atoms in total. The molecule has 0 amide bonds. The predicted molar refractivity (Wildman–Crippen MR) is 147 cm³/mol. The Kier molecular flexibility index (Phi) is 7.05. The minimum absolute atomic E-state index is 0.200. The van der Waals surface area contributed by atoms with Crippen LogP contribution >= 0.6 is 38.9 Å². The van der Waals surface area contributed by atoms with Gasteiger partial charge in [0.15, 0.2) is 4.80 Å². The SMILES string of the molecule is CCOC(=O)C1=C(c2ccccc2)N=c2sc(=Cc3ccc(Br)cc3)c(=O)n2C1c1ccc(Cl)cc1. The van der Waals surface area contributed by atoms with E-state index in [2.05, 4.69) is 15.9 Å². The van der Waals surface area contributed by atoms with Crippen LogP contribution in [0.5, 0.6) is 0 Å². The molecule has 0 aliphatic carbocycles. The third kappa shape index (κ3) is 4.74. The van der Waals surface area contributed by atoms with Gasteiger partial charge in [0.1, 0.15) is 0 Å². The summed E-state index contributed by atoms with van der Waals surface area (Å²) < 4.78 is 8.53. The highest BCUT2D eigenvalue weighted by Gasteiger charge is 2.35. The molecule has 0 fully saturated rings. The average molecular weight is 580 g/mol. The van der Waals surface area contributed by atoms with Crippen LogP contribution in [0.2, 0.25) is 5.02 Å². The second kappa shape index (κ2) is 10.4. The van der Waals surface area contributed by atoms with Crippen LogP contribution in [0.4, 0.5) is 0 Å². The molecule has 0 bridgehead atoms. The summed E-state index contributed by atoms with van der Waals surface area (Å²) in [5, 5.41) is 0.561. The Morgan fingerprint density at radius 2 is 1.78 bits per heavy atom. The Morgan fingerprint density at radius 1 is 1.08 bits per heavy atom. The fourth-order valence-corrected chi connectivity index (χ4v) is 5.50. The van der Waals surface area contributed by atoms with Gasteiger partial charge >= 0.3 is 5.97 Å². The van der Waals surface area contributed by atoms with Gasteiger partial charge < -0.3 is 4.74 Å².